The minimum atomic E-state index is -0.203. The molecular weight excluding hydrogens is 402 g/mol. The summed E-state index contributed by atoms with van der Waals surface area (Å²) < 4.78 is 5.12. The topological polar surface area (TPSA) is 69.2 Å². The number of carbonyl (C=O) groups is 1. The molecule has 7 nitrogen and oxygen atoms in total. The Labute approximate surface area is 193 Å². The highest BCUT2D eigenvalue weighted by Gasteiger charge is 2.24. The van der Waals surface area contributed by atoms with Gasteiger partial charge in [-0.1, -0.05) is 30.7 Å². The number of aliphatic imine (C=N–C) groups is 1. The van der Waals surface area contributed by atoms with Crippen molar-refractivity contribution in [3.05, 3.63) is 35.4 Å². The Bertz CT molecular complexity index is 746. The van der Waals surface area contributed by atoms with Gasteiger partial charge < -0.3 is 20.3 Å². The predicted molar refractivity (Wildman–Crippen MR) is 130 cm³/mol. The van der Waals surface area contributed by atoms with Crippen molar-refractivity contribution in [3.63, 3.8) is 0 Å². The van der Waals surface area contributed by atoms with Gasteiger partial charge in [0.25, 0.3) is 0 Å². The van der Waals surface area contributed by atoms with E-state index in [1.54, 1.807) is 4.90 Å². The highest BCUT2D eigenvalue weighted by molar-refractivity contribution is 5.80. The van der Waals surface area contributed by atoms with Crippen LogP contribution in [0.1, 0.15) is 64.0 Å². The number of hydrogen-bond donors (Lipinski definition) is 2. The van der Waals surface area contributed by atoms with Crippen LogP contribution in [0, 0.1) is 0 Å². The molecule has 2 aliphatic heterocycles. The van der Waals surface area contributed by atoms with Crippen molar-refractivity contribution in [2.45, 2.75) is 78.0 Å². The minimum absolute atomic E-state index is 0.203. The van der Waals surface area contributed by atoms with E-state index in [1.807, 2.05) is 6.92 Å². The van der Waals surface area contributed by atoms with Crippen molar-refractivity contribution < 1.29 is 9.53 Å². The molecule has 0 bridgehead atoms. The zero-order valence-electron chi connectivity index (χ0n) is 20.1. The second kappa shape index (κ2) is 12.7. The van der Waals surface area contributed by atoms with E-state index in [-0.39, 0.29) is 6.09 Å². The maximum Gasteiger partial charge on any atom is 0.409 e. The van der Waals surface area contributed by atoms with Gasteiger partial charge in [-0.2, -0.15) is 0 Å². The third-order valence-electron chi connectivity index (χ3n) is 6.55. The molecule has 2 fully saturated rings. The molecule has 0 aliphatic carbocycles. The van der Waals surface area contributed by atoms with Gasteiger partial charge in [-0.05, 0) is 64.1 Å². The summed E-state index contributed by atoms with van der Waals surface area (Å²) in [6.07, 6.45) is 5.53. The Hall–Kier alpha value is -2.28. The number of hydrogen-bond acceptors (Lipinski definition) is 4. The Balaban J connectivity index is 1.58. The van der Waals surface area contributed by atoms with Crippen LogP contribution in [0.3, 0.4) is 0 Å². The van der Waals surface area contributed by atoms with Gasteiger partial charge in [0.2, 0.25) is 0 Å². The summed E-state index contributed by atoms with van der Waals surface area (Å²) in [7, 11) is 0. The molecule has 0 radical (unpaired) electrons. The molecule has 1 amide bonds. The van der Waals surface area contributed by atoms with Gasteiger partial charge in [-0.25, -0.2) is 9.79 Å². The van der Waals surface area contributed by atoms with E-state index in [1.165, 1.54) is 36.9 Å². The Kier molecular flexibility index (Phi) is 9.65. The number of rotatable bonds is 7. The first-order valence-electron chi connectivity index (χ1n) is 12.4. The van der Waals surface area contributed by atoms with Crippen LogP contribution in [0.4, 0.5) is 4.79 Å². The second-order valence-corrected chi connectivity index (χ2v) is 8.88. The standard InChI is InChI=1S/C25H41N5O2/c1-4-26-24(28-23-13-16-29(17-14-23)25(31)32-5-2)27-18-21-11-6-7-12-22(21)19-30-15-9-8-10-20(30)3/h6-7,11-12,20,23H,4-5,8-10,13-19H2,1-3H3,(H2,26,27,28). The zero-order chi connectivity index (χ0) is 22.8. The van der Waals surface area contributed by atoms with Crippen LogP contribution in [-0.2, 0) is 17.8 Å². The molecule has 32 heavy (non-hydrogen) atoms. The number of benzene rings is 1. The first kappa shape index (κ1) is 24.4. The number of nitrogens with zero attached hydrogens (tertiary/aromatic N) is 3. The third-order valence-corrected chi connectivity index (χ3v) is 6.55. The SMILES string of the molecule is CCNC(=NCc1ccccc1CN1CCCCC1C)NC1CCN(C(=O)OCC)CC1. The Morgan fingerprint density at radius 1 is 1.09 bits per heavy atom. The number of nitrogens with one attached hydrogen (secondary N) is 2. The summed E-state index contributed by atoms with van der Waals surface area (Å²) in [6, 6.07) is 9.66. The van der Waals surface area contributed by atoms with Crippen molar-refractivity contribution in [2.75, 3.05) is 32.8 Å². The molecule has 0 saturated carbocycles. The molecule has 1 unspecified atom stereocenters. The van der Waals surface area contributed by atoms with Crippen LogP contribution >= 0.6 is 0 Å². The first-order valence-corrected chi connectivity index (χ1v) is 12.4. The average Bonchev–Trinajstić information content (AvgIpc) is 2.80. The van der Waals surface area contributed by atoms with Gasteiger partial charge in [0.15, 0.2) is 5.96 Å². The maximum atomic E-state index is 11.9. The summed E-state index contributed by atoms with van der Waals surface area (Å²) in [4.78, 5) is 21.2. The maximum absolute atomic E-state index is 11.9. The lowest BCUT2D eigenvalue weighted by atomic mass is 10.0. The first-order chi connectivity index (χ1) is 15.6. The Morgan fingerprint density at radius 2 is 1.84 bits per heavy atom. The van der Waals surface area contributed by atoms with Crippen LogP contribution in [0.2, 0.25) is 0 Å². The van der Waals surface area contributed by atoms with E-state index in [4.69, 9.17) is 9.73 Å². The van der Waals surface area contributed by atoms with E-state index in [2.05, 4.69) is 53.6 Å². The fourth-order valence-electron chi connectivity index (χ4n) is 4.58. The molecule has 7 heteroatoms. The van der Waals surface area contributed by atoms with Gasteiger partial charge in [-0.15, -0.1) is 0 Å². The van der Waals surface area contributed by atoms with E-state index in [9.17, 15) is 4.79 Å². The van der Waals surface area contributed by atoms with E-state index < -0.39 is 0 Å². The van der Waals surface area contributed by atoms with Gasteiger partial charge >= 0.3 is 6.09 Å². The van der Waals surface area contributed by atoms with Crippen molar-refractivity contribution in [3.8, 4) is 0 Å². The molecule has 0 aromatic heterocycles. The van der Waals surface area contributed by atoms with Crippen LogP contribution in [0.25, 0.3) is 0 Å². The summed E-state index contributed by atoms with van der Waals surface area (Å²) in [5.41, 5.74) is 2.67. The van der Waals surface area contributed by atoms with Crippen molar-refractivity contribution in [2.24, 2.45) is 4.99 Å². The molecule has 2 heterocycles. The molecule has 1 atom stereocenters. The van der Waals surface area contributed by atoms with Gasteiger partial charge in [0.1, 0.15) is 0 Å². The average molecular weight is 444 g/mol. The molecule has 0 spiro atoms. The predicted octanol–water partition coefficient (Wildman–Crippen LogP) is 3.74. The lowest BCUT2D eigenvalue weighted by molar-refractivity contribution is 0.0963. The van der Waals surface area contributed by atoms with Crippen molar-refractivity contribution in [1.29, 1.82) is 0 Å². The lowest BCUT2D eigenvalue weighted by Gasteiger charge is -2.33. The molecule has 2 N–H and O–H groups in total. The van der Waals surface area contributed by atoms with Crippen molar-refractivity contribution >= 4 is 12.1 Å². The number of guanidine groups is 1. The number of piperidine rings is 2. The highest BCUT2D eigenvalue weighted by atomic mass is 16.6. The van der Waals surface area contributed by atoms with E-state index in [0.717, 1.165) is 31.9 Å². The highest BCUT2D eigenvalue weighted by Crippen LogP contribution is 2.21. The summed E-state index contributed by atoms with van der Waals surface area (Å²) in [5.74, 6) is 0.850. The van der Waals surface area contributed by atoms with Crippen LogP contribution in [-0.4, -0.2) is 66.7 Å². The number of likely N-dealkylation sites (tertiary alicyclic amines) is 2. The van der Waals surface area contributed by atoms with Crippen molar-refractivity contribution in [1.82, 2.24) is 20.4 Å². The fraction of sp³-hybridized carbons (Fsp3) is 0.680. The molecule has 3 rings (SSSR count). The number of ether oxygens (including phenoxy) is 1. The van der Waals surface area contributed by atoms with E-state index >= 15 is 0 Å². The third kappa shape index (κ3) is 7.12. The Morgan fingerprint density at radius 3 is 2.53 bits per heavy atom. The number of amides is 1. The largest absolute Gasteiger partial charge is 0.450 e. The van der Waals surface area contributed by atoms with Gasteiger partial charge in [0.05, 0.1) is 13.2 Å². The molecular formula is C25H41N5O2. The second-order valence-electron chi connectivity index (χ2n) is 8.88. The van der Waals surface area contributed by atoms with Gasteiger partial charge in [-0.3, -0.25) is 4.90 Å². The lowest BCUT2D eigenvalue weighted by Crippen LogP contribution is -2.49. The summed E-state index contributed by atoms with van der Waals surface area (Å²) >= 11 is 0. The normalized spacial score (nSPS) is 20.8. The van der Waals surface area contributed by atoms with Crippen LogP contribution in [0.15, 0.2) is 29.3 Å². The molecule has 2 aliphatic rings. The van der Waals surface area contributed by atoms with E-state index in [0.29, 0.717) is 38.3 Å². The monoisotopic (exact) mass is 443 g/mol. The summed E-state index contributed by atoms with van der Waals surface area (Å²) in [6.45, 7) is 11.8. The molecule has 1 aromatic carbocycles. The summed E-state index contributed by atoms with van der Waals surface area (Å²) in [5, 5.41) is 6.96. The molecule has 178 valence electrons. The minimum Gasteiger partial charge on any atom is -0.450 e. The number of carbonyl (C=O) groups excluding carboxylic acids is 1. The molecule has 2 saturated heterocycles. The molecule has 1 aromatic rings. The fourth-order valence-corrected chi connectivity index (χ4v) is 4.58. The smallest absolute Gasteiger partial charge is 0.409 e. The zero-order valence-corrected chi connectivity index (χ0v) is 20.1. The van der Waals surface area contributed by atoms with Crippen LogP contribution in [0.5, 0.6) is 0 Å². The van der Waals surface area contributed by atoms with Gasteiger partial charge in [0, 0.05) is 38.3 Å². The quantitative estimate of drug-likeness (QED) is 0.496. The van der Waals surface area contributed by atoms with Crippen LogP contribution < -0.4 is 10.6 Å².